The van der Waals surface area contributed by atoms with Gasteiger partial charge in [-0.1, -0.05) is 32.0 Å². The Morgan fingerprint density at radius 2 is 1.48 bits per heavy atom. The number of rotatable bonds is 0. The Hall–Kier alpha value is -2.13. The minimum Gasteiger partial charge on any atom is -0.256 e. The zero-order valence-electron chi connectivity index (χ0n) is 14.9. The summed E-state index contributed by atoms with van der Waals surface area (Å²) in [4.78, 5) is 10.9. The molecule has 3 heteroatoms. The van der Waals surface area contributed by atoms with Crippen LogP contribution < -0.4 is 0 Å². The molecule has 1 aliphatic carbocycles. The van der Waals surface area contributed by atoms with Crippen molar-refractivity contribution in [3.8, 4) is 22.5 Å². The molecule has 2 nitrogen and oxygen atoms in total. The van der Waals surface area contributed by atoms with Crippen molar-refractivity contribution in [2.45, 2.75) is 42.8 Å². The normalized spacial score (nSPS) is 18.1. The molecular formula is C22H20N2S. The predicted octanol–water partition coefficient (Wildman–Crippen LogP) is 5.79. The summed E-state index contributed by atoms with van der Waals surface area (Å²) < 4.78 is 0.0265. The molecule has 0 saturated carbocycles. The largest absolute Gasteiger partial charge is 0.256 e. The number of benzene rings is 1. The summed E-state index contributed by atoms with van der Waals surface area (Å²) in [5, 5.41) is 0. The Balaban J connectivity index is 1.90. The summed E-state index contributed by atoms with van der Waals surface area (Å²) in [6.45, 7) is 9.20. The van der Waals surface area contributed by atoms with Gasteiger partial charge in [-0.2, -0.15) is 0 Å². The third-order valence-corrected chi connectivity index (χ3v) is 6.88. The summed E-state index contributed by atoms with van der Waals surface area (Å²) in [6.07, 6.45) is 3.81. The van der Waals surface area contributed by atoms with Gasteiger partial charge in [-0.3, -0.25) is 9.97 Å². The molecule has 2 aromatic heterocycles. The number of hydrogen-bond acceptors (Lipinski definition) is 3. The molecule has 0 atom stereocenters. The lowest BCUT2D eigenvalue weighted by Gasteiger charge is -2.35. The lowest BCUT2D eigenvalue weighted by atomic mass is 9.78. The van der Waals surface area contributed by atoms with Crippen molar-refractivity contribution in [3.05, 3.63) is 65.5 Å². The van der Waals surface area contributed by atoms with E-state index in [0.29, 0.717) is 0 Å². The van der Waals surface area contributed by atoms with E-state index in [1.807, 2.05) is 30.2 Å². The zero-order chi connectivity index (χ0) is 17.4. The van der Waals surface area contributed by atoms with E-state index in [2.05, 4.69) is 58.0 Å². The van der Waals surface area contributed by atoms with Gasteiger partial charge in [-0.15, -0.1) is 11.8 Å². The molecule has 124 valence electrons. The molecule has 5 rings (SSSR count). The fourth-order valence-corrected chi connectivity index (χ4v) is 5.69. The van der Waals surface area contributed by atoms with Crippen LogP contribution in [0, 0.1) is 0 Å². The predicted molar refractivity (Wildman–Crippen MR) is 104 cm³/mol. The number of pyridine rings is 2. The number of fused-ring (bicyclic) bond motifs is 7. The van der Waals surface area contributed by atoms with Crippen molar-refractivity contribution >= 4 is 11.8 Å². The smallest absolute Gasteiger partial charge is 0.0762 e. The first-order chi connectivity index (χ1) is 11.9. The molecule has 2 aliphatic rings. The lowest BCUT2D eigenvalue weighted by molar-refractivity contribution is 0.657. The molecule has 1 aliphatic heterocycles. The average molecular weight is 344 g/mol. The van der Waals surface area contributed by atoms with E-state index < -0.39 is 0 Å². The van der Waals surface area contributed by atoms with Crippen LogP contribution in [0.5, 0.6) is 0 Å². The monoisotopic (exact) mass is 344 g/mol. The number of hydrogen-bond donors (Lipinski definition) is 0. The van der Waals surface area contributed by atoms with Crippen molar-refractivity contribution in [2.24, 2.45) is 0 Å². The second kappa shape index (κ2) is 4.73. The van der Waals surface area contributed by atoms with E-state index in [4.69, 9.17) is 9.97 Å². The summed E-state index contributed by atoms with van der Waals surface area (Å²) in [6, 6.07) is 13.1. The van der Waals surface area contributed by atoms with Crippen LogP contribution in [0.2, 0.25) is 0 Å². The first-order valence-corrected chi connectivity index (χ1v) is 9.51. The molecule has 25 heavy (non-hydrogen) atoms. The second-order valence-electron chi connectivity index (χ2n) is 7.90. The van der Waals surface area contributed by atoms with E-state index in [-0.39, 0.29) is 10.2 Å². The van der Waals surface area contributed by atoms with E-state index in [1.54, 1.807) is 0 Å². The minimum absolute atomic E-state index is 0.0265. The summed E-state index contributed by atoms with van der Waals surface area (Å²) in [5.74, 6) is 0. The molecule has 3 heterocycles. The van der Waals surface area contributed by atoms with Gasteiger partial charge in [0, 0.05) is 38.6 Å². The van der Waals surface area contributed by atoms with Gasteiger partial charge in [0.2, 0.25) is 0 Å². The van der Waals surface area contributed by atoms with E-state index in [0.717, 1.165) is 11.4 Å². The summed E-state index contributed by atoms with van der Waals surface area (Å²) in [7, 11) is 0. The Kier molecular flexibility index (Phi) is 2.87. The van der Waals surface area contributed by atoms with Crippen molar-refractivity contribution in [1.29, 1.82) is 0 Å². The van der Waals surface area contributed by atoms with Gasteiger partial charge in [0.1, 0.15) is 0 Å². The molecule has 0 N–H and O–H groups in total. The number of aromatic nitrogens is 2. The minimum atomic E-state index is -0.0683. The first-order valence-electron chi connectivity index (χ1n) is 8.69. The molecule has 1 aromatic carbocycles. The van der Waals surface area contributed by atoms with Crippen LogP contribution in [0.15, 0.2) is 53.7 Å². The van der Waals surface area contributed by atoms with Crippen LogP contribution in [-0.2, 0) is 10.2 Å². The standard InChI is InChI=1S/C22H20N2S/c1-21(2)14-7-5-11-23-19(14)13-9-10-16-17(18(13)21)20-15(8-6-12-24-20)22(3,4)25-16/h5-12H,1-4H3. The van der Waals surface area contributed by atoms with Crippen molar-refractivity contribution < 1.29 is 0 Å². The third-order valence-electron chi connectivity index (χ3n) is 5.59. The zero-order valence-corrected chi connectivity index (χ0v) is 15.7. The van der Waals surface area contributed by atoms with Gasteiger partial charge in [-0.25, -0.2) is 0 Å². The maximum Gasteiger partial charge on any atom is 0.0762 e. The lowest BCUT2D eigenvalue weighted by Crippen LogP contribution is -2.22. The fraction of sp³-hybridized carbons (Fsp3) is 0.273. The maximum absolute atomic E-state index is 4.83. The van der Waals surface area contributed by atoms with Crippen LogP contribution in [-0.4, -0.2) is 9.97 Å². The van der Waals surface area contributed by atoms with Crippen molar-refractivity contribution in [1.82, 2.24) is 9.97 Å². The highest BCUT2D eigenvalue weighted by Gasteiger charge is 2.43. The third kappa shape index (κ3) is 1.87. The Morgan fingerprint density at radius 1 is 0.800 bits per heavy atom. The molecule has 0 bridgehead atoms. The fourth-order valence-electron chi connectivity index (χ4n) is 4.43. The van der Waals surface area contributed by atoms with Crippen LogP contribution in [0.3, 0.4) is 0 Å². The molecule has 0 amide bonds. The van der Waals surface area contributed by atoms with E-state index in [1.165, 1.54) is 32.7 Å². The van der Waals surface area contributed by atoms with Crippen LogP contribution in [0.4, 0.5) is 0 Å². The highest BCUT2D eigenvalue weighted by Crippen LogP contribution is 2.58. The van der Waals surface area contributed by atoms with Gasteiger partial charge in [-0.05, 0) is 48.7 Å². The average Bonchev–Trinajstić information content (AvgIpc) is 2.83. The van der Waals surface area contributed by atoms with Gasteiger partial charge in [0.25, 0.3) is 0 Å². The second-order valence-corrected chi connectivity index (χ2v) is 9.56. The Labute approximate surface area is 152 Å². The topological polar surface area (TPSA) is 25.8 Å². The number of nitrogens with zero attached hydrogens (tertiary/aromatic N) is 2. The van der Waals surface area contributed by atoms with Crippen molar-refractivity contribution in [3.63, 3.8) is 0 Å². The van der Waals surface area contributed by atoms with Gasteiger partial charge in [0.15, 0.2) is 0 Å². The van der Waals surface area contributed by atoms with Crippen molar-refractivity contribution in [2.75, 3.05) is 0 Å². The SMILES string of the molecule is CC1(C)Sc2ccc3c(c2-c2ncccc21)C(C)(C)c1cccnc1-3. The summed E-state index contributed by atoms with van der Waals surface area (Å²) >= 11 is 1.94. The summed E-state index contributed by atoms with van der Waals surface area (Å²) in [5.41, 5.74) is 8.77. The van der Waals surface area contributed by atoms with E-state index >= 15 is 0 Å². The highest BCUT2D eigenvalue weighted by atomic mass is 32.2. The molecule has 0 unspecified atom stereocenters. The van der Waals surface area contributed by atoms with Gasteiger partial charge in [0.05, 0.1) is 11.4 Å². The van der Waals surface area contributed by atoms with Gasteiger partial charge < -0.3 is 0 Å². The van der Waals surface area contributed by atoms with Crippen LogP contribution >= 0.6 is 11.8 Å². The number of thioether (sulfide) groups is 1. The van der Waals surface area contributed by atoms with E-state index in [9.17, 15) is 0 Å². The Bertz CT molecular complexity index is 1030. The maximum atomic E-state index is 4.83. The quantitative estimate of drug-likeness (QED) is 0.516. The molecule has 0 fully saturated rings. The molecule has 0 saturated heterocycles. The molecule has 0 radical (unpaired) electrons. The highest BCUT2D eigenvalue weighted by molar-refractivity contribution is 8.00. The molecule has 0 spiro atoms. The Morgan fingerprint density at radius 3 is 2.24 bits per heavy atom. The van der Waals surface area contributed by atoms with Crippen LogP contribution in [0.1, 0.15) is 44.4 Å². The first kappa shape index (κ1) is 15.2. The molecule has 3 aromatic rings. The molecular weight excluding hydrogens is 324 g/mol. The van der Waals surface area contributed by atoms with Crippen LogP contribution in [0.25, 0.3) is 22.5 Å². The van der Waals surface area contributed by atoms with Gasteiger partial charge >= 0.3 is 0 Å².